The fraction of sp³-hybridized carbons (Fsp3) is 0.500. The molecule has 2 heterocycles. The fourth-order valence-corrected chi connectivity index (χ4v) is 2.38. The summed E-state index contributed by atoms with van der Waals surface area (Å²) >= 11 is 0. The summed E-state index contributed by atoms with van der Waals surface area (Å²) in [5.74, 6) is -1.50. The predicted molar refractivity (Wildman–Crippen MR) is 69.6 cm³/mol. The van der Waals surface area contributed by atoms with Gasteiger partial charge < -0.3 is 14.7 Å². The maximum absolute atomic E-state index is 11.2. The lowest BCUT2D eigenvalue weighted by molar-refractivity contribution is -0.384. The van der Waals surface area contributed by atoms with Crippen molar-refractivity contribution in [3.63, 3.8) is 0 Å². The summed E-state index contributed by atoms with van der Waals surface area (Å²) in [5, 5.41) is 20.3. The van der Waals surface area contributed by atoms with Crippen molar-refractivity contribution in [3.8, 4) is 0 Å². The minimum Gasteiger partial charge on any atom is -0.481 e. The van der Waals surface area contributed by atoms with E-state index in [2.05, 4.69) is 4.98 Å². The second-order valence-corrected chi connectivity index (χ2v) is 4.44. The molecular formula is C12H15N3O5. The van der Waals surface area contributed by atoms with Crippen LogP contribution < -0.4 is 4.90 Å². The molecular weight excluding hydrogens is 266 g/mol. The number of carboxylic acid groups (broad SMARTS) is 1. The smallest absolute Gasteiger partial charge is 0.311 e. The highest BCUT2D eigenvalue weighted by Gasteiger charge is 2.39. The number of hydrogen-bond donors (Lipinski definition) is 1. The van der Waals surface area contributed by atoms with Crippen molar-refractivity contribution in [2.75, 3.05) is 24.7 Å². The Balaban J connectivity index is 2.38. The van der Waals surface area contributed by atoms with Crippen LogP contribution in [0.3, 0.4) is 0 Å². The van der Waals surface area contributed by atoms with E-state index in [1.165, 1.54) is 18.3 Å². The van der Waals surface area contributed by atoms with Crippen LogP contribution in [0, 0.1) is 16.0 Å². The summed E-state index contributed by atoms with van der Waals surface area (Å²) in [6.45, 7) is 2.54. The molecule has 0 aliphatic carbocycles. The van der Waals surface area contributed by atoms with Crippen LogP contribution in [0.1, 0.15) is 6.92 Å². The molecule has 1 fully saturated rings. The van der Waals surface area contributed by atoms with Crippen molar-refractivity contribution in [1.82, 2.24) is 4.98 Å². The first-order valence-electron chi connectivity index (χ1n) is 6.22. The zero-order valence-corrected chi connectivity index (χ0v) is 10.9. The van der Waals surface area contributed by atoms with E-state index in [9.17, 15) is 20.0 Å². The summed E-state index contributed by atoms with van der Waals surface area (Å²) in [5.41, 5.74) is -0.134. The maximum Gasteiger partial charge on any atom is 0.311 e. The van der Waals surface area contributed by atoms with Crippen LogP contribution in [0.25, 0.3) is 0 Å². The van der Waals surface area contributed by atoms with Gasteiger partial charge in [0.2, 0.25) is 5.82 Å². The minimum atomic E-state index is -0.968. The van der Waals surface area contributed by atoms with Crippen LogP contribution in [0.4, 0.5) is 11.5 Å². The van der Waals surface area contributed by atoms with Gasteiger partial charge in [0.15, 0.2) is 0 Å². The third kappa shape index (κ3) is 2.55. The number of aliphatic carboxylic acids is 1. The average Bonchev–Trinajstić information content (AvgIpc) is 2.89. The van der Waals surface area contributed by atoms with E-state index in [0.717, 1.165) is 0 Å². The summed E-state index contributed by atoms with van der Waals surface area (Å²) in [6.07, 6.45) is 1.45. The van der Waals surface area contributed by atoms with Gasteiger partial charge >= 0.3 is 11.7 Å². The number of carbonyl (C=O) groups is 1. The monoisotopic (exact) mass is 281 g/mol. The van der Waals surface area contributed by atoms with Crippen LogP contribution in [0.5, 0.6) is 0 Å². The first kappa shape index (κ1) is 14.2. The SMILES string of the molecule is CCN(c1ncccc1[N+](=O)[O-])C1COCC1C(=O)O. The fourth-order valence-electron chi connectivity index (χ4n) is 2.38. The number of likely N-dealkylation sites (N-methyl/N-ethyl adjacent to an activating group) is 1. The first-order valence-corrected chi connectivity index (χ1v) is 6.22. The van der Waals surface area contributed by atoms with Crippen LogP contribution in [-0.2, 0) is 9.53 Å². The van der Waals surface area contributed by atoms with Crippen LogP contribution in [0.2, 0.25) is 0 Å². The van der Waals surface area contributed by atoms with Crippen molar-refractivity contribution in [3.05, 3.63) is 28.4 Å². The average molecular weight is 281 g/mol. The second kappa shape index (κ2) is 5.83. The van der Waals surface area contributed by atoms with E-state index in [0.29, 0.717) is 6.54 Å². The van der Waals surface area contributed by atoms with Crippen LogP contribution >= 0.6 is 0 Å². The zero-order chi connectivity index (χ0) is 14.7. The molecule has 8 heteroatoms. The molecule has 1 aromatic rings. The maximum atomic E-state index is 11.2. The molecule has 2 unspecified atom stereocenters. The number of pyridine rings is 1. The van der Waals surface area contributed by atoms with E-state index < -0.39 is 22.9 Å². The predicted octanol–water partition coefficient (Wildman–Crippen LogP) is 0.916. The number of hydrogen-bond acceptors (Lipinski definition) is 6. The lowest BCUT2D eigenvalue weighted by Gasteiger charge is -2.29. The Labute approximate surface area is 115 Å². The van der Waals surface area contributed by atoms with Crippen molar-refractivity contribution in [2.24, 2.45) is 5.92 Å². The zero-order valence-electron chi connectivity index (χ0n) is 10.9. The molecule has 1 aliphatic rings. The van der Waals surface area contributed by atoms with Gasteiger partial charge in [0.05, 0.1) is 24.2 Å². The molecule has 1 aliphatic heterocycles. The number of nitro groups is 1. The van der Waals surface area contributed by atoms with E-state index in [4.69, 9.17) is 4.74 Å². The Morgan fingerprint density at radius 1 is 1.65 bits per heavy atom. The molecule has 0 radical (unpaired) electrons. The van der Waals surface area contributed by atoms with Gasteiger partial charge in [-0.1, -0.05) is 0 Å². The molecule has 2 atom stereocenters. The molecule has 0 amide bonds. The Morgan fingerprint density at radius 2 is 2.40 bits per heavy atom. The lowest BCUT2D eigenvalue weighted by atomic mass is 10.0. The quantitative estimate of drug-likeness (QED) is 0.631. The summed E-state index contributed by atoms with van der Waals surface area (Å²) < 4.78 is 5.22. The van der Waals surface area contributed by atoms with Gasteiger partial charge in [-0.3, -0.25) is 14.9 Å². The van der Waals surface area contributed by atoms with Crippen molar-refractivity contribution in [1.29, 1.82) is 0 Å². The summed E-state index contributed by atoms with van der Waals surface area (Å²) in [7, 11) is 0. The van der Waals surface area contributed by atoms with Gasteiger partial charge in [-0.15, -0.1) is 0 Å². The van der Waals surface area contributed by atoms with Gasteiger partial charge in [-0.2, -0.15) is 0 Å². The third-order valence-electron chi connectivity index (χ3n) is 3.34. The highest BCUT2D eigenvalue weighted by atomic mass is 16.6. The van der Waals surface area contributed by atoms with Crippen molar-refractivity contribution < 1.29 is 19.6 Å². The normalized spacial score (nSPS) is 21.6. The number of rotatable bonds is 5. The Bertz CT molecular complexity index is 522. The van der Waals surface area contributed by atoms with E-state index in [1.54, 1.807) is 11.8 Å². The minimum absolute atomic E-state index is 0.108. The van der Waals surface area contributed by atoms with E-state index in [-0.39, 0.29) is 24.7 Å². The van der Waals surface area contributed by atoms with Gasteiger partial charge in [-0.05, 0) is 13.0 Å². The van der Waals surface area contributed by atoms with Crippen molar-refractivity contribution >= 4 is 17.5 Å². The van der Waals surface area contributed by atoms with Crippen LogP contribution in [0.15, 0.2) is 18.3 Å². The molecule has 20 heavy (non-hydrogen) atoms. The first-order chi connectivity index (χ1) is 9.56. The summed E-state index contributed by atoms with van der Waals surface area (Å²) in [4.78, 5) is 27.4. The standard InChI is InChI=1S/C12H15N3O5/c1-2-14(10-7-20-6-8(10)12(16)17)11-9(15(18)19)4-3-5-13-11/h3-5,8,10H,2,6-7H2,1H3,(H,16,17). The largest absolute Gasteiger partial charge is 0.481 e. The van der Waals surface area contributed by atoms with Gasteiger partial charge in [0.1, 0.15) is 5.92 Å². The number of nitrogens with zero attached hydrogens (tertiary/aromatic N) is 3. The molecule has 8 nitrogen and oxygen atoms in total. The van der Waals surface area contributed by atoms with Crippen LogP contribution in [-0.4, -0.2) is 46.8 Å². The molecule has 0 spiro atoms. The molecule has 1 saturated heterocycles. The Kier molecular flexibility index (Phi) is 4.14. The molecule has 108 valence electrons. The number of carboxylic acids is 1. The number of aromatic nitrogens is 1. The molecule has 0 aromatic carbocycles. The molecule has 1 N–H and O–H groups in total. The Hall–Kier alpha value is -2.22. The second-order valence-electron chi connectivity index (χ2n) is 4.44. The molecule has 0 saturated carbocycles. The lowest BCUT2D eigenvalue weighted by Crippen LogP contribution is -2.43. The van der Waals surface area contributed by atoms with Gasteiger partial charge in [-0.25, -0.2) is 4.98 Å². The van der Waals surface area contributed by atoms with E-state index >= 15 is 0 Å². The topological polar surface area (TPSA) is 106 Å². The highest BCUT2D eigenvalue weighted by molar-refractivity contribution is 5.73. The van der Waals surface area contributed by atoms with Gasteiger partial charge in [0, 0.05) is 18.8 Å². The number of ether oxygens (including phenoxy) is 1. The number of anilines is 1. The third-order valence-corrected chi connectivity index (χ3v) is 3.34. The van der Waals surface area contributed by atoms with Gasteiger partial charge in [0.25, 0.3) is 0 Å². The summed E-state index contributed by atoms with van der Waals surface area (Å²) in [6, 6.07) is 2.39. The Morgan fingerprint density at radius 3 is 3.00 bits per heavy atom. The van der Waals surface area contributed by atoms with E-state index in [1.807, 2.05) is 0 Å². The molecule has 1 aromatic heterocycles. The van der Waals surface area contributed by atoms with Crippen molar-refractivity contribution in [2.45, 2.75) is 13.0 Å². The highest BCUT2D eigenvalue weighted by Crippen LogP contribution is 2.30. The molecule has 0 bridgehead atoms. The molecule has 2 rings (SSSR count).